The van der Waals surface area contributed by atoms with Crippen molar-refractivity contribution in [1.82, 2.24) is 4.98 Å². The Bertz CT molecular complexity index is 641. The van der Waals surface area contributed by atoms with Crippen LogP contribution < -0.4 is 11.1 Å². The van der Waals surface area contributed by atoms with Crippen LogP contribution in [0.15, 0.2) is 34.9 Å². The fourth-order valence-corrected chi connectivity index (χ4v) is 1.93. The summed E-state index contributed by atoms with van der Waals surface area (Å²) in [7, 11) is 0. The van der Waals surface area contributed by atoms with Crippen LogP contribution in [-0.4, -0.2) is 4.98 Å². The average Bonchev–Trinajstić information content (AvgIpc) is 2.35. The van der Waals surface area contributed by atoms with Crippen molar-refractivity contribution in [2.24, 2.45) is 0 Å². The Morgan fingerprint density at radius 1 is 1.25 bits per heavy atom. The van der Waals surface area contributed by atoms with E-state index in [2.05, 4.69) is 26.2 Å². The van der Waals surface area contributed by atoms with Crippen LogP contribution in [0, 0.1) is 6.92 Å². The molecule has 0 aliphatic rings. The lowest BCUT2D eigenvalue weighted by Gasteiger charge is -2.13. The molecule has 0 unspecified atom stereocenters. The summed E-state index contributed by atoms with van der Waals surface area (Å²) >= 11 is 3.36. The minimum atomic E-state index is -4.50. The predicted octanol–water partition coefficient (Wildman–Crippen LogP) is 4.50. The first-order valence-electron chi connectivity index (χ1n) is 5.63. The zero-order valence-corrected chi connectivity index (χ0v) is 12.0. The fraction of sp³-hybridized carbons (Fsp3) is 0.154. The number of hydrogen-bond donors (Lipinski definition) is 2. The van der Waals surface area contributed by atoms with Gasteiger partial charge in [0.15, 0.2) is 0 Å². The highest BCUT2D eigenvalue weighted by Gasteiger charge is 2.32. The summed E-state index contributed by atoms with van der Waals surface area (Å²) in [4.78, 5) is 3.28. The highest BCUT2D eigenvalue weighted by molar-refractivity contribution is 9.10. The molecule has 2 rings (SSSR count). The molecule has 2 aromatic rings. The molecular weight excluding hydrogens is 335 g/mol. The van der Waals surface area contributed by atoms with Crippen LogP contribution in [0.4, 0.5) is 30.2 Å². The zero-order valence-electron chi connectivity index (χ0n) is 10.4. The van der Waals surface area contributed by atoms with Gasteiger partial charge in [-0.05, 0) is 30.7 Å². The van der Waals surface area contributed by atoms with Crippen molar-refractivity contribution in [1.29, 1.82) is 0 Å². The Morgan fingerprint density at radius 2 is 1.95 bits per heavy atom. The molecule has 0 spiro atoms. The van der Waals surface area contributed by atoms with E-state index in [0.29, 0.717) is 5.69 Å². The van der Waals surface area contributed by atoms with E-state index in [1.807, 2.05) is 13.0 Å². The third-order valence-corrected chi connectivity index (χ3v) is 3.53. The molecule has 106 valence electrons. The summed E-state index contributed by atoms with van der Waals surface area (Å²) < 4.78 is 38.7. The molecule has 0 atom stereocenters. The lowest BCUT2D eigenvalue weighted by atomic mass is 10.2. The molecule has 0 saturated heterocycles. The molecule has 1 aromatic carbocycles. The second-order valence-corrected chi connectivity index (χ2v) is 5.10. The maximum absolute atomic E-state index is 12.6. The van der Waals surface area contributed by atoms with Crippen LogP contribution in [0.2, 0.25) is 0 Å². The van der Waals surface area contributed by atoms with Crippen molar-refractivity contribution in [2.75, 3.05) is 11.1 Å². The molecule has 0 saturated carbocycles. The Hall–Kier alpha value is -1.76. The van der Waals surface area contributed by atoms with Gasteiger partial charge in [-0.3, -0.25) is 0 Å². The number of anilines is 3. The number of nitrogens with one attached hydrogen (secondary N) is 1. The molecule has 0 amide bonds. The maximum Gasteiger partial charge on any atom is 0.433 e. The Balaban J connectivity index is 2.35. The van der Waals surface area contributed by atoms with E-state index >= 15 is 0 Å². The van der Waals surface area contributed by atoms with Gasteiger partial charge < -0.3 is 11.1 Å². The molecule has 3 N–H and O–H groups in total. The summed E-state index contributed by atoms with van der Waals surface area (Å²) in [6.45, 7) is 1.91. The van der Waals surface area contributed by atoms with Gasteiger partial charge in [-0.15, -0.1) is 0 Å². The Labute approximate surface area is 122 Å². The molecule has 7 heteroatoms. The molecule has 0 bridgehead atoms. The number of halogens is 4. The fourth-order valence-electron chi connectivity index (χ4n) is 1.56. The number of aromatic nitrogens is 1. The normalized spacial score (nSPS) is 11.4. The molecule has 0 fully saturated rings. The molecular formula is C13H11BrF3N3. The van der Waals surface area contributed by atoms with Gasteiger partial charge in [0.1, 0.15) is 5.69 Å². The lowest BCUT2D eigenvalue weighted by molar-refractivity contribution is -0.141. The lowest BCUT2D eigenvalue weighted by Crippen LogP contribution is -2.09. The number of alkyl halides is 3. The molecule has 1 aromatic heterocycles. The van der Waals surface area contributed by atoms with Gasteiger partial charge in [0.2, 0.25) is 0 Å². The molecule has 0 aliphatic carbocycles. The first-order valence-corrected chi connectivity index (χ1v) is 6.42. The SMILES string of the molecule is Cc1ccc(Nc2cc(C(F)(F)F)ncc2N)cc1Br. The number of hydrogen-bond acceptors (Lipinski definition) is 3. The number of aryl methyl sites for hydroxylation is 1. The predicted molar refractivity (Wildman–Crippen MR) is 75.8 cm³/mol. The number of nitrogen functional groups attached to an aromatic ring is 1. The number of pyridine rings is 1. The average molecular weight is 346 g/mol. The smallest absolute Gasteiger partial charge is 0.396 e. The van der Waals surface area contributed by atoms with Crippen LogP contribution in [0.25, 0.3) is 0 Å². The van der Waals surface area contributed by atoms with Gasteiger partial charge in [-0.2, -0.15) is 13.2 Å². The molecule has 1 heterocycles. The van der Waals surface area contributed by atoms with Crippen LogP contribution >= 0.6 is 15.9 Å². The third-order valence-electron chi connectivity index (χ3n) is 2.68. The van der Waals surface area contributed by atoms with Crippen molar-refractivity contribution in [3.05, 3.63) is 46.2 Å². The van der Waals surface area contributed by atoms with Crippen molar-refractivity contribution < 1.29 is 13.2 Å². The van der Waals surface area contributed by atoms with Crippen LogP contribution in [0.1, 0.15) is 11.3 Å². The van der Waals surface area contributed by atoms with E-state index in [0.717, 1.165) is 22.3 Å². The van der Waals surface area contributed by atoms with Crippen LogP contribution in [0.3, 0.4) is 0 Å². The molecule has 3 nitrogen and oxygen atoms in total. The maximum atomic E-state index is 12.6. The largest absolute Gasteiger partial charge is 0.433 e. The molecule has 0 radical (unpaired) electrons. The summed E-state index contributed by atoms with van der Waals surface area (Å²) in [6, 6.07) is 6.26. The minimum Gasteiger partial charge on any atom is -0.396 e. The summed E-state index contributed by atoms with van der Waals surface area (Å²) in [5.41, 5.74) is 6.63. The van der Waals surface area contributed by atoms with E-state index in [9.17, 15) is 13.2 Å². The van der Waals surface area contributed by atoms with E-state index in [1.165, 1.54) is 0 Å². The standard InChI is InChI=1S/C13H11BrF3N3/c1-7-2-3-8(4-9(7)14)20-11-5-12(13(15,16)17)19-6-10(11)18/h2-6H,18H2,1H3,(H,19,20). The van der Waals surface area contributed by atoms with E-state index in [4.69, 9.17) is 5.73 Å². The van der Waals surface area contributed by atoms with Crippen molar-refractivity contribution in [3.8, 4) is 0 Å². The topological polar surface area (TPSA) is 50.9 Å². The van der Waals surface area contributed by atoms with Gasteiger partial charge >= 0.3 is 6.18 Å². The van der Waals surface area contributed by atoms with Crippen molar-refractivity contribution >= 4 is 33.0 Å². The number of rotatable bonds is 2. The van der Waals surface area contributed by atoms with E-state index in [1.54, 1.807) is 12.1 Å². The first-order chi connectivity index (χ1) is 9.27. The third kappa shape index (κ3) is 3.22. The van der Waals surface area contributed by atoms with Gasteiger partial charge in [-0.25, -0.2) is 4.98 Å². The van der Waals surface area contributed by atoms with E-state index < -0.39 is 11.9 Å². The number of nitrogens with zero attached hydrogens (tertiary/aromatic N) is 1. The van der Waals surface area contributed by atoms with Crippen molar-refractivity contribution in [3.63, 3.8) is 0 Å². The quantitative estimate of drug-likeness (QED) is 0.842. The second-order valence-electron chi connectivity index (χ2n) is 4.24. The zero-order chi connectivity index (χ0) is 14.9. The van der Waals surface area contributed by atoms with Crippen LogP contribution in [-0.2, 0) is 6.18 Å². The Kier molecular flexibility index (Phi) is 3.89. The van der Waals surface area contributed by atoms with Crippen molar-refractivity contribution in [2.45, 2.75) is 13.1 Å². The Morgan fingerprint density at radius 3 is 2.55 bits per heavy atom. The highest BCUT2D eigenvalue weighted by atomic mass is 79.9. The summed E-state index contributed by atoms with van der Waals surface area (Å²) in [5, 5.41) is 2.86. The summed E-state index contributed by atoms with van der Waals surface area (Å²) in [6.07, 6.45) is -3.51. The van der Waals surface area contributed by atoms with E-state index in [-0.39, 0.29) is 11.4 Å². The van der Waals surface area contributed by atoms with Gasteiger partial charge in [0, 0.05) is 10.2 Å². The molecule has 0 aliphatic heterocycles. The number of nitrogens with two attached hydrogens (primary N) is 1. The van der Waals surface area contributed by atoms with Gasteiger partial charge in [0.25, 0.3) is 0 Å². The minimum absolute atomic E-state index is 0.148. The summed E-state index contributed by atoms with van der Waals surface area (Å²) in [5.74, 6) is 0. The molecule has 20 heavy (non-hydrogen) atoms. The van der Waals surface area contributed by atoms with Gasteiger partial charge in [0.05, 0.1) is 17.6 Å². The van der Waals surface area contributed by atoms with Gasteiger partial charge in [-0.1, -0.05) is 22.0 Å². The monoisotopic (exact) mass is 345 g/mol. The highest BCUT2D eigenvalue weighted by Crippen LogP contribution is 2.32. The van der Waals surface area contributed by atoms with Crippen LogP contribution in [0.5, 0.6) is 0 Å². The second kappa shape index (κ2) is 5.32. The first kappa shape index (κ1) is 14.6. The number of benzene rings is 1.